The third kappa shape index (κ3) is 5.06. The second-order valence-corrected chi connectivity index (χ2v) is 8.03. The third-order valence-electron chi connectivity index (χ3n) is 5.03. The Hall–Kier alpha value is -1.96. The van der Waals surface area contributed by atoms with E-state index in [9.17, 15) is 4.79 Å². The molecule has 4 rings (SSSR count). The number of thiazole rings is 1. The predicted molar refractivity (Wildman–Crippen MR) is 108 cm³/mol. The number of benzene rings is 1. The Morgan fingerprint density at radius 2 is 1.85 bits per heavy atom. The van der Waals surface area contributed by atoms with Gasteiger partial charge in [0.2, 0.25) is 5.91 Å². The summed E-state index contributed by atoms with van der Waals surface area (Å²) in [5.74, 6) is -0.0212. The Kier molecular flexibility index (Phi) is 6.01. The number of hydrogen-bond donors (Lipinski definition) is 1. The zero-order chi connectivity index (χ0) is 18.5. The van der Waals surface area contributed by atoms with Crippen LogP contribution in [-0.2, 0) is 22.5 Å². The smallest absolute Gasteiger partial charge is 0.230 e. The standard InChI is InChI=1S/C20H26N4O2S/c25-19(21-16-3-5-18(6-4-16)24-7-1-2-8-24)13-17-15-27-20(22-17)14-23-9-11-26-12-10-23/h3-6,15H,1-2,7-14H2,(H,21,25). The molecule has 0 unspecified atom stereocenters. The summed E-state index contributed by atoms with van der Waals surface area (Å²) >= 11 is 1.63. The second-order valence-electron chi connectivity index (χ2n) is 7.09. The summed E-state index contributed by atoms with van der Waals surface area (Å²) in [4.78, 5) is 21.7. The van der Waals surface area contributed by atoms with Crippen LogP contribution in [0.15, 0.2) is 29.6 Å². The monoisotopic (exact) mass is 386 g/mol. The van der Waals surface area contributed by atoms with Crippen molar-refractivity contribution in [1.29, 1.82) is 0 Å². The van der Waals surface area contributed by atoms with E-state index in [-0.39, 0.29) is 5.91 Å². The van der Waals surface area contributed by atoms with Crippen LogP contribution in [0.4, 0.5) is 11.4 Å². The molecule has 1 N–H and O–H groups in total. The molecular formula is C20H26N4O2S. The number of nitrogens with one attached hydrogen (secondary N) is 1. The molecule has 2 fully saturated rings. The van der Waals surface area contributed by atoms with E-state index in [0.717, 1.165) is 62.3 Å². The lowest BCUT2D eigenvalue weighted by molar-refractivity contribution is -0.115. The Morgan fingerprint density at radius 3 is 2.59 bits per heavy atom. The van der Waals surface area contributed by atoms with Crippen LogP contribution in [0.3, 0.4) is 0 Å². The van der Waals surface area contributed by atoms with E-state index in [1.54, 1.807) is 11.3 Å². The molecule has 0 aliphatic carbocycles. The predicted octanol–water partition coefficient (Wildman–Crippen LogP) is 2.76. The van der Waals surface area contributed by atoms with Crippen LogP contribution in [0.1, 0.15) is 23.5 Å². The lowest BCUT2D eigenvalue weighted by Crippen LogP contribution is -2.35. The fraction of sp³-hybridized carbons (Fsp3) is 0.500. The molecular weight excluding hydrogens is 360 g/mol. The minimum Gasteiger partial charge on any atom is -0.379 e. The summed E-state index contributed by atoms with van der Waals surface area (Å²) in [5, 5.41) is 6.04. The van der Waals surface area contributed by atoms with Crippen molar-refractivity contribution in [3.8, 4) is 0 Å². The van der Waals surface area contributed by atoms with E-state index in [1.165, 1.54) is 18.5 Å². The molecule has 7 heteroatoms. The number of ether oxygens (including phenoxy) is 1. The molecule has 0 bridgehead atoms. The molecule has 27 heavy (non-hydrogen) atoms. The van der Waals surface area contributed by atoms with E-state index in [2.05, 4.69) is 32.2 Å². The van der Waals surface area contributed by atoms with Crippen molar-refractivity contribution < 1.29 is 9.53 Å². The lowest BCUT2D eigenvalue weighted by Gasteiger charge is -2.25. The van der Waals surface area contributed by atoms with Gasteiger partial charge in [0.1, 0.15) is 5.01 Å². The quantitative estimate of drug-likeness (QED) is 0.827. The lowest BCUT2D eigenvalue weighted by atomic mass is 10.2. The highest BCUT2D eigenvalue weighted by Gasteiger charge is 2.15. The van der Waals surface area contributed by atoms with Crippen molar-refractivity contribution in [2.24, 2.45) is 0 Å². The van der Waals surface area contributed by atoms with Crippen LogP contribution in [0.25, 0.3) is 0 Å². The first-order valence-electron chi connectivity index (χ1n) is 9.64. The maximum atomic E-state index is 12.3. The summed E-state index contributed by atoms with van der Waals surface area (Å²) in [6, 6.07) is 8.14. The molecule has 0 atom stereocenters. The minimum absolute atomic E-state index is 0.0212. The number of nitrogens with zero attached hydrogens (tertiary/aromatic N) is 3. The number of aromatic nitrogens is 1. The molecule has 1 amide bonds. The van der Waals surface area contributed by atoms with Crippen molar-refractivity contribution in [2.45, 2.75) is 25.8 Å². The van der Waals surface area contributed by atoms with Crippen molar-refractivity contribution in [2.75, 3.05) is 49.6 Å². The van der Waals surface area contributed by atoms with Gasteiger partial charge < -0.3 is 15.0 Å². The van der Waals surface area contributed by atoms with Crippen molar-refractivity contribution in [3.63, 3.8) is 0 Å². The first kappa shape index (κ1) is 18.4. The van der Waals surface area contributed by atoms with Crippen LogP contribution < -0.4 is 10.2 Å². The Balaban J connectivity index is 1.27. The van der Waals surface area contributed by atoms with Crippen LogP contribution >= 0.6 is 11.3 Å². The van der Waals surface area contributed by atoms with Gasteiger partial charge in [0, 0.05) is 42.9 Å². The average Bonchev–Trinajstić information content (AvgIpc) is 3.36. The molecule has 1 aromatic heterocycles. The zero-order valence-corrected chi connectivity index (χ0v) is 16.3. The van der Waals surface area contributed by atoms with E-state index in [0.29, 0.717) is 6.42 Å². The van der Waals surface area contributed by atoms with Crippen LogP contribution in [-0.4, -0.2) is 55.2 Å². The molecule has 2 aliphatic heterocycles. The molecule has 2 aromatic rings. The molecule has 144 valence electrons. The number of carbonyl (C=O) groups is 1. The van der Waals surface area contributed by atoms with Gasteiger partial charge in [-0.25, -0.2) is 4.98 Å². The normalized spacial score (nSPS) is 18.0. The Morgan fingerprint density at radius 1 is 1.11 bits per heavy atom. The van der Waals surface area contributed by atoms with Gasteiger partial charge in [-0.15, -0.1) is 11.3 Å². The second kappa shape index (κ2) is 8.82. The molecule has 3 heterocycles. The largest absolute Gasteiger partial charge is 0.379 e. The summed E-state index contributed by atoms with van der Waals surface area (Å²) in [5.41, 5.74) is 2.92. The number of carbonyl (C=O) groups excluding carboxylic acids is 1. The number of rotatable bonds is 6. The van der Waals surface area contributed by atoms with Crippen molar-refractivity contribution in [1.82, 2.24) is 9.88 Å². The zero-order valence-electron chi connectivity index (χ0n) is 15.5. The highest BCUT2D eigenvalue weighted by atomic mass is 32.1. The topological polar surface area (TPSA) is 57.7 Å². The highest BCUT2D eigenvalue weighted by molar-refractivity contribution is 7.09. The van der Waals surface area contributed by atoms with Crippen molar-refractivity contribution in [3.05, 3.63) is 40.3 Å². The molecule has 0 radical (unpaired) electrons. The third-order valence-corrected chi connectivity index (χ3v) is 5.91. The summed E-state index contributed by atoms with van der Waals surface area (Å²) in [7, 11) is 0. The van der Waals surface area contributed by atoms with E-state index in [4.69, 9.17) is 4.74 Å². The van der Waals surface area contributed by atoms with Crippen LogP contribution in [0.2, 0.25) is 0 Å². The van der Waals surface area contributed by atoms with Gasteiger partial charge in [-0.3, -0.25) is 9.69 Å². The van der Waals surface area contributed by atoms with Gasteiger partial charge in [0.25, 0.3) is 0 Å². The van der Waals surface area contributed by atoms with Gasteiger partial charge in [-0.2, -0.15) is 0 Å². The van der Waals surface area contributed by atoms with Gasteiger partial charge in [0.15, 0.2) is 0 Å². The fourth-order valence-corrected chi connectivity index (χ4v) is 4.39. The fourth-order valence-electron chi connectivity index (χ4n) is 3.55. The summed E-state index contributed by atoms with van der Waals surface area (Å²) in [6.07, 6.45) is 2.84. The Bertz CT molecular complexity index is 750. The number of amides is 1. The van der Waals surface area contributed by atoms with Crippen molar-refractivity contribution >= 4 is 28.6 Å². The molecule has 2 aliphatic rings. The van der Waals surface area contributed by atoms with Crippen LogP contribution in [0.5, 0.6) is 0 Å². The molecule has 0 spiro atoms. The number of morpholine rings is 1. The average molecular weight is 387 g/mol. The summed E-state index contributed by atoms with van der Waals surface area (Å²) < 4.78 is 5.37. The molecule has 1 aromatic carbocycles. The van der Waals surface area contributed by atoms with Gasteiger partial charge in [-0.1, -0.05) is 0 Å². The summed E-state index contributed by atoms with van der Waals surface area (Å²) in [6.45, 7) is 6.57. The molecule has 6 nitrogen and oxygen atoms in total. The van der Waals surface area contributed by atoms with Gasteiger partial charge in [0.05, 0.1) is 31.9 Å². The first-order valence-corrected chi connectivity index (χ1v) is 10.5. The number of anilines is 2. The van der Waals surface area contributed by atoms with E-state index < -0.39 is 0 Å². The molecule has 2 saturated heterocycles. The highest BCUT2D eigenvalue weighted by Crippen LogP contribution is 2.22. The minimum atomic E-state index is -0.0212. The SMILES string of the molecule is O=C(Cc1csc(CN2CCOCC2)n1)Nc1ccc(N2CCCC2)cc1. The molecule has 0 saturated carbocycles. The van der Waals surface area contributed by atoms with Gasteiger partial charge in [-0.05, 0) is 37.1 Å². The maximum Gasteiger partial charge on any atom is 0.230 e. The van der Waals surface area contributed by atoms with E-state index in [1.807, 2.05) is 17.5 Å². The Labute approximate surface area is 164 Å². The van der Waals surface area contributed by atoms with Crippen LogP contribution in [0, 0.1) is 0 Å². The van der Waals surface area contributed by atoms with Gasteiger partial charge >= 0.3 is 0 Å². The first-order chi connectivity index (χ1) is 13.3. The van der Waals surface area contributed by atoms with E-state index >= 15 is 0 Å². The number of hydrogen-bond acceptors (Lipinski definition) is 6. The maximum absolute atomic E-state index is 12.3.